The second kappa shape index (κ2) is 29.4. The lowest BCUT2D eigenvalue weighted by atomic mass is 9.34. The number of phosphoric ester groups is 1. The number of amides is 7. The number of aryl methyl sites for hydroxylation is 2. The molecule has 0 radical (unpaired) electrons. The average Bonchev–Trinajstić information content (AvgIpc) is 0.898. The number of alkyl halides is 2. The van der Waals surface area contributed by atoms with Gasteiger partial charge in [-0.3, -0.25) is 33.8 Å². The van der Waals surface area contributed by atoms with Crippen LogP contribution in [0.3, 0.4) is 0 Å². The van der Waals surface area contributed by atoms with Crippen molar-refractivity contribution in [3.05, 3.63) is 76.6 Å². The van der Waals surface area contributed by atoms with Gasteiger partial charge in [0.1, 0.15) is 12.4 Å². The van der Waals surface area contributed by atoms with E-state index in [1.54, 1.807) is 79.2 Å². The van der Waals surface area contributed by atoms with E-state index in [2.05, 4.69) is 25.9 Å². The number of hydrogen-bond acceptors (Lipinski definition) is 14. The maximum atomic E-state index is 15.0. The van der Waals surface area contributed by atoms with E-state index in [1.165, 1.54) is 17.9 Å². The summed E-state index contributed by atoms with van der Waals surface area (Å²) in [5, 5.41) is 9.89. The van der Waals surface area contributed by atoms with E-state index in [9.17, 15) is 52.7 Å². The van der Waals surface area contributed by atoms with Crippen LogP contribution < -0.4 is 46.5 Å². The Hall–Kier alpha value is -7.32. The number of aromatic amines is 2. The first-order valence-corrected chi connectivity index (χ1v) is 34.6. The average molecular weight is 1380 g/mol. The number of nitrogens with two attached hydrogens (primary N) is 2. The summed E-state index contributed by atoms with van der Waals surface area (Å²) in [6, 6.07) is 8.41. The first kappa shape index (κ1) is 71.0. The van der Waals surface area contributed by atoms with Gasteiger partial charge < -0.3 is 75.8 Å². The van der Waals surface area contributed by atoms with Crippen molar-refractivity contribution < 1.29 is 66.7 Å². The Balaban J connectivity index is 0.788. The summed E-state index contributed by atoms with van der Waals surface area (Å²) in [5.41, 5.74) is 15.7. The molecule has 2 aromatic heterocycles. The van der Waals surface area contributed by atoms with Crippen molar-refractivity contribution in [2.24, 2.45) is 40.1 Å². The number of ether oxygens (including phenoxy) is 2. The number of likely N-dealkylation sites (N-methyl/N-ethyl adjacent to an activating group) is 2. The molecule has 3 aliphatic carbocycles. The van der Waals surface area contributed by atoms with Crippen LogP contribution in [0, 0.1) is 42.4 Å². The van der Waals surface area contributed by atoms with E-state index in [0.29, 0.717) is 85.0 Å². The van der Waals surface area contributed by atoms with E-state index in [-0.39, 0.29) is 128 Å². The minimum Gasteiger partial charge on any atom is -0.466 e. The monoisotopic (exact) mass is 1380 g/mol. The quantitative estimate of drug-likeness (QED) is 0.00898. The third-order valence-corrected chi connectivity index (χ3v) is 20.3. The Morgan fingerprint density at radius 3 is 1.84 bits per heavy atom. The Labute approximate surface area is 560 Å². The van der Waals surface area contributed by atoms with Crippen molar-refractivity contribution in [1.29, 1.82) is 0 Å². The number of carbonyl (C=O) groups excluding carboxylic acids is 8. The molecule has 7 amide bonds. The zero-order valence-corrected chi connectivity index (χ0v) is 57.1. The molecule has 25 nitrogen and oxygen atoms in total. The molecule has 0 spiro atoms. The van der Waals surface area contributed by atoms with Crippen LogP contribution >= 0.6 is 43.2 Å². The molecule has 94 heavy (non-hydrogen) atoms. The summed E-state index contributed by atoms with van der Waals surface area (Å²) in [4.78, 5) is 141. The van der Waals surface area contributed by atoms with Crippen LogP contribution in [-0.2, 0) is 44.7 Å². The molecule has 2 bridgehead atoms. The SMILES string of the molecule is CC(=O)C[C@@H](CCCCN)C(=O)N[C@H](C(=O)C[C@@H](CCCNC(N)=O)C(=O)Nc1ccc(COC(=S)N(C)CCN(C)C(=O)Oc2cc3c(c4c(C)c[nH]c24)[C@H](CCl)CN3C(=O)C23CC(C(=O)N4C[C@@H](CCl)c5c4cc(OP(=O)(O)O)c4[nH]cc(C)c54)(C2)C3)cc1)C(C)C. The maximum Gasteiger partial charge on any atom is 0.524 e. The van der Waals surface area contributed by atoms with Gasteiger partial charge in [0.15, 0.2) is 17.3 Å². The third kappa shape index (κ3) is 15.2. The fraction of sp³-hybridized carbons (Fsp3) is 0.523. The molecule has 0 unspecified atom stereocenters. The smallest absolute Gasteiger partial charge is 0.466 e. The number of halogens is 2. The number of H-pyrrole nitrogens is 2. The zero-order valence-electron chi connectivity index (χ0n) is 53.9. The minimum atomic E-state index is -4.98. The van der Waals surface area contributed by atoms with Crippen LogP contribution in [-0.4, -0.2) is 153 Å². The van der Waals surface area contributed by atoms with E-state index < -0.39 is 60.5 Å². The summed E-state index contributed by atoms with van der Waals surface area (Å²) in [7, 11) is -1.68. The molecule has 3 aromatic carbocycles. The van der Waals surface area contributed by atoms with Crippen molar-refractivity contribution in [1.82, 2.24) is 30.4 Å². The molecule has 5 aliphatic rings. The van der Waals surface area contributed by atoms with Crippen molar-refractivity contribution >= 4 is 135 Å². The maximum absolute atomic E-state index is 15.0. The number of urea groups is 1. The van der Waals surface area contributed by atoms with Crippen LogP contribution in [0.2, 0.25) is 0 Å². The number of phosphoric acid groups is 1. The molecule has 4 heterocycles. The number of thiocarbonyl (C=S) groups is 1. The van der Waals surface area contributed by atoms with Crippen molar-refractivity contribution in [2.45, 2.75) is 123 Å². The molecular weight excluding hydrogens is 1290 g/mol. The van der Waals surface area contributed by atoms with Crippen LogP contribution in [0.1, 0.15) is 125 Å². The highest BCUT2D eigenvalue weighted by Gasteiger charge is 2.76. The molecular formula is C65H84Cl2N11O14PS. The number of ketones is 2. The Kier molecular flexibility index (Phi) is 22.2. The first-order valence-electron chi connectivity index (χ1n) is 31.6. The molecule has 0 saturated heterocycles. The van der Waals surface area contributed by atoms with Gasteiger partial charge in [-0.2, -0.15) is 0 Å². The Morgan fingerprint density at radius 1 is 0.787 bits per heavy atom. The number of nitrogens with zero attached hydrogens (tertiary/aromatic N) is 4. The number of anilines is 3. The number of hydrogen-bond donors (Lipinski definition) is 9. The summed E-state index contributed by atoms with van der Waals surface area (Å²) in [6.07, 6.45) is 5.91. The molecule has 10 rings (SSSR count). The highest BCUT2D eigenvalue weighted by molar-refractivity contribution is 7.80. The van der Waals surface area contributed by atoms with Gasteiger partial charge in [-0.15, -0.1) is 23.2 Å². The number of aromatic nitrogens is 2. The minimum absolute atomic E-state index is 0.0334. The topological polar surface area (TPSA) is 354 Å². The summed E-state index contributed by atoms with van der Waals surface area (Å²) >= 11 is 18.8. The largest absolute Gasteiger partial charge is 0.524 e. The lowest BCUT2D eigenvalue weighted by Crippen LogP contribution is -2.73. The molecule has 3 saturated carbocycles. The van der Waals surface area contributed by atoms with Gasteiger partial charge in [-0.25, -0.2) is 14.2 Å². The molecule has 2 aliphatic heterocycles. The highest BCUT2D eigenvalue weighted by atomic mass is 35.5. The normalized spacial score (nSPS) is 19.5. The number of nitrogens with one attached hydrogen (secondary N) is 5. The van der Waals surface area contributed by atoms with Gasteiger partial charge in [-0.05, 0) is 130 Å². The summed E-state index contributed by atoms with van der Waals surface area (Å²) in [6.45, 7) is 10.4. The lowest BCUT2D eigenvalue weighted by molar-refractivity contribution is -0.205. The van der Waals surface area contributed by atoms with Gasteiger partial charge in [-0.1, -0.05) is 32.4 Å². The van der Waals surface area contributed by atoms with Crippen molar-refractivity contribution in [3.63, 3.8) is 0 Å². The van der Waals surface area contributed by atoms with E-state index in [4.69, 9.17) is 60.9 Å². The van der Waals surface area contributed by atoms with Crippen molar-refractivity contribution in [2.75, 3.05) is 80.2 Å². The molecule has 3 fully saturated rings. The number of unbranched alkanes of at least 4 members (excludes halogenated alkanes) is 1. The van der Waals surface area contributed by atoms with Crippen LogP contribution in [0.5, 0.6) is 11.5 Å². The van der Waals surface area contributed by atoms with E-state index >= 15 is 0 Å². The number of primary amides is 1. The van der Waals surface area contributed by atoms with Crippen LogP contribution in [0.4, 0.5) is 26.7 Å². The molecule has 5 atom stereocenters. The van der Waals surface area contributed by atoms with Crippen LogP contribution in [0.25, 0.3) is 21.8 Å². The second-order valence-corrected chi connectivity index (χ2v) is 28.3. The highest BCUT2D eigenvalue weighted by Crippen LogP contribution is 2.75. The van der Waals surface area contributed by atoms with E-state index in [0.717, 1.165) is 33.2 Å². The molecule has 11 N–H and O–H groups in total. The third-order valence-electron chi connectivity index (χ3n) is 18.7. The number of carbonyl (C=O) groups is 8. The Bertz CT molecular complexity index is 3800. The molecule has 29 heteroatoms. The number of Topliss-reactive ketones (excluding diaryl/α,β-unsaturated/α-hetero) is 2. The van der Waals surface area contributed by atoms with Gasteiger partial charge in [0.25, 0.3) is 5.17 Å². The van der Waals surface area contributed by atoms with E-state index in [1.807, 2.05) is 20.0 Å². The van der Waals surface area contributed by atoms with Gasteiger partial charge in [0.05, 0.1) is 39.3 Å². The fourth-order valence-electron chi connectivity index (χ4n) is 13.9. The van der Waals surface area contributed by atoms with Gasteiger partial charge >= 0.3 is 19.9 Å². The standard InChI is InChI=1S/C65H84Cl2N11O14PS/c1-35(2)54(74-58(82)40(21-38(5)79)11-8-9-17-68)47(80)22-41(12-10-18-70-61(69)85)57(81)73-44-15-13-39(14-16-44)31-90-63(94)76(7)20-19-75(6)62(86)91-48-23-45-52(50-36(3)27-71-55(48)50)42(25-66)29-77(45)59(83)64-32-65(33-64,34-64)60(84)78-30-43(26-67)53-46(78)24-49(92-93(87,88)89)56-51(53)37(4)28-72-56/h13-16,23-24,27-28,35,40-43,54,71-72H,8-12,17-22,25-26,29-34,68H2,1-7H3,(H,73,81)(H,74,82)(H3,69,70,85)(H2,87,88,89)/t40-,41-,42-,43-,54+,64?,65?/m1/s1. The van der Waals surface area contributed by atoms with Crippen molar-refractivity contribution in [3.8, 4) is 11.5 Å². The Morgan fingerprint density at radius 2 is 1.32 bits per heavy atom. The van der Waals surface area contributed by atoms with Gasteiger partial charge in [0, 0.05) is 136 Å². The molecule has 5 aromatic rings. The zero-order chi connectivity index (χ0) is 68.3. The number of benzene rings is 3. The van der Waals surface area contributed by atoms with Gasteiger partial charge in [0.2, 0.25) is 23.6 Å². The summed E-state index contributed by atoms with van der Waals surface area (Å²) in [5.74, 6) is -3.47. The molecule has 508 valence electrons. The second-order valence-electron chi connectivity index (χ2n) is 26.1. The fourth-order valence-corrected chi connectivity index (χ4v) is 15.0. The lowest BCUT2D eigenvalue weighted by Gasteiger charge is -2.69. The van der Waals surface area contributed by atoms with Crippen LogP contribution in [0.15, 0.2) is 48.8 Å². The predicted molar refractivity (Wildman–Crippen MR) is 361 cm³/mol. The number of fused-ring (bicyclic) bond motifs is 6. The number of rotatable bonds is 30. The summed E-state index contributed by atoms with van der Waals surface area (Å²) < 4.78 is 29.3. The predicted octanol–water partition coefficient (Wildman–Crippen LogP) is 8.64. The first-order chi connectivity index (χ1) is 44.5.